The predicted octanol–water partition coefficient (Wildman–Crippen LogP) is 9.81. The Kier molecular flexibility index (Phi) is 6.61. The van der Waals surface area contributed by atoms with Crippen molar-refractivity contribution in [3.63, 3.8) is 0 Å². The zero-order valence-corrected chi connectivity index (χ0v) is 21.9. The van der Waals surface area contributed by atoms with Crippen LogP contribution in [0.5, 0.6) is 11.5 Å². The molecule has 0 aliphatic heterocycles. The molecule has 0 unspecified atom stereocenters. The quantitative estimate of drug-likeness (QED) is 0.249. The Balaban J connectivity index is 1.87. The van der Waals surface area contributed by atoms with Crippen LogP contribution in [-0.4, -0.2) is 10.2 Å². The van der Waals surface area contributed by atoms with E-state index in [0.29, 0.717) is 0 Å². The van der Waals surface area contributed by atoms with Gasteiger partial charge in [-0.15, -0.1) is 0 Å². The van der Waals surface area contributed by atoms with Crippen LogP contribution in [0.15, 0.2) is 127 Å². The maximum atomic E-state index is 10.5. The SMILES string of the molecule is Cc1c(-c2ccccc2)c(C2=CCCC=C2)c(-c2ccc(O)cc2)c(-c2ccccc2)c1-c1cccc(O)c1. The zero-order chi connectivity index (χ0) is 26.8. The van der Waals surface area contributed by atoms with Crippen molar-refractivity contribution in [3.05, 3.63) is 139 Å². The lowest BCUT2D eigenvalue weighted by molar-refractivity contribution is 0.475. The molecule has 0 spiro atoms. The van der Waals surface area contributed by atoms with Gasteiger partial charge in [0.2, 0.25) is 0 Å². The van der Waals surface area contributed by atoms with Gasteiger partial charge in [0.1, 0.15) is 11.5 Å². The molecule has 0 saturated carbocycles. The van der Waals surface area contributed by atoms with E-state index in [1.54, 1.807) is 18.2 Å². The first-order valence-electron chi connectivity index (χ1n) is 13.4. The summed E-state index contributed by atoms with van der Waals surface area (Å²) >= 11 is 0. The molecule has 5 aromatic rings. The minimum atomic E-state index is 0.236. The van der Waals surface area contributed by atoms with E-state index in [-0.39, 0.29) is 11.5 Å². The topological polar surface area (TPSA) is 40.5 Å². The van der Waals surface area contributed by atoms with E-state index in [0.717, 1.165) is 57.3 Å². The summed E-state index contributed by atoms with van der Waals surface area (Å²) in [5.41, 5.74) is 12.3. The summed E-state index contributed by atoms with van der Waals surface area (Å²) < 4.78 is 0. The molecule has 0 saturated heterocycles. The van der Waals surface area contributed by atoms with E-state index in [9.17, 15) is 10.2 Å². The van der Waals surface area contributed by atoms with Crippen molar-refractivity contribution < 1.29 is 10.2 Å². The molecule has 2 heteroatoms. The second kappa shape index (κ2) is 10.5. The minimum absolute atomic E-state index is 0.236. The van der Waals surface area contributed by atoms with E-state index in [1.165, 1.54) is 16.7 Å². The summed E-state index contributed by atoms with van der Waals surface area (Å²) in [5, 5.41) is 20.7. The van der Waals surface area contributed by atoms with Gasteiger partial charge in [0.25, 0.3) is 0 Å². The number of phenolic OH excluding ortho intramolecular Hbond substituents is 2. The molecule has 190 valence electrons. The van der Waals surface area contributed by atoms with Crippen molar-refractivity contribution in [1.82, 2.24) is 0 Å². The average molecular weight is 507 g/mol. The molecule has 0 heterocycles. The van der Waals surface area contributed by atoms with Crippen molar-refractivity contribution in [1.29, 1.82) is 0 Å². The number of rotatable bonds is 5. The first kappa shape index (κ1) is 24.5. The van der Waals surface area contributed by atoms with Crippen LogP contribution in [-0.2, 0) is 0 Å². The summed E-state index contributed by atoms with van der Waals surface area (Å²) in [5.74, 6) is 0.474. The number of aromatic hydroxyl groups is 2. The lowest BCUT2D eigenvalue weighted by atomic mass is 9.75. The van der Waals surface area contributed by atoms with Gasteiger partial charge in [-0.25, -0.2) is 0 Å². The standard InChI is InChI=1S/C37H30O2/c1-25-33(26-12-5-2-6-13-26)35(27-14-7-3-8-15-27)37(29-20-22-31(38)23-21-29)36(28-16-9-4-10-17-28)34(25)30-18-11-19-32(39)24-30/h2,4-7,9-24,38-39H,3,8H2,1H3. The van der Waals surface area contributed by atoms with E-state index in [4.69, 9.17) is 0 Å². The van der Waals surface area contributed by atoms with Crippen LogP contribution in [0.1, 0.15) is 24.0 Å². The Morgan fingerprint density at radius 3 is 1.67 bits per heavy atom. The summed E-state index contributed by atoms with van der Waals surface area (Å²) in [6.45, 7) is 2.20. The number of benzene rings is 5. The van der Waals surface area contributed by atoms with Gasteiger partial charge in [-0.05, 0) is 105 Å². The highest BCUT2D eigenvalue weighted by Gasteiger charge is 2.27. The molecule has 5 aromatic carbocycles. The van der Waals surface area contributed by atoms with Gasteiger partial charge in [-0.3, -0.25) is 0 Å². The Labute approximate surface area is 229 Å². The molecule has 0 atom stereocenters. The predicted molar refractivity (Wildman–Crippen MR) is 163 cm³/mol. The number of hydrogen-bond acceptors (Lipinski definition) is 2. The Hall–Kier alpha value is -4.82. The highest BCUT2D eigenvalue weighted by molar-refractivity contribution is 6.08. The first-order chi connectivity index (χ1) is 19.1. The molecule has 39 heavy (non-hydrogen) atoms. The smallest absolute Gasteiger partial charge is 0.116 e. The molecule has 0 fully saturated rings. The van der Waals surface area contributed by atoms with E-state index in [1.807, 2.05) is 36.4 Å². The summed E-state index contributed by atoms with van der Waals surface area (Å²) in [6, 6.07) is 36.1. The van der Waals surface area contributed by atoms with Gasteiger partial charge >= 0.3 is 0 Å². The third-order valence-corrected chi connectivity index (χ3v) is 7.45. The van der Waals surface area contributed by atoms with Crippen LogP contribution in [0.2, 0.25) is 0 Å². The van der Waals surface area contributed by atoms with Crippen LogP contribution in [0.4, 0.5) is 0 Å². The second-order valence-corrected chi connectivity index (χ2v) is 9.97. The third kappa shape index (κ3) is 4.66. The number of phenols is 2. The fourth-order valence-electron chi connectivity index (χ4n) is 5.76. The maximum absolute atomic E-state index is 10.5. The zero-order valence-electron chi connectivity index (χ0n) is 21.9. The van der Waals surface area contributed by atoms with Crippen LogP contribution in [0, 0.1) is 6.92 Å². The van der Waals surface area contributed by atoms with Crippen LogP contribution in [0.3, 0.4) is 0 Å². The maximum Gasteiger partial charge on any atom is 0.116 e. The van der Waals surface area contributed by atoms with Gasteiger partial charge in [0.05, 0.1) is 0 Å². The fraction of sp³-hybridized carbons (Fsp3) is 0.0811. The molecule has 0 amide bonds. The van der Waals surface area contributed by atoms with Gasteiger partial charge < -0.3 is 10.2 Å². The molecule has 1 aliphatic carbocycles. The average Bonchev–Trinajstić information content (AvgIpc) is 2.98. The molecule has 2 nitrogen and oxygen atoms in total. The lowest BCUT2D eigenvalue weighted by Crippen LogP contribution is -2.04. The molecule has 6 rings (SSSR count). The molecular formula is C37H30O2. The Morgan fingerprint density at radius 1 is 0.487 bits per heavy atom. The van der Waals surface area contributed by atoms with Crippen molar-refractivity contribution in [3.8, 4) is 56.0 Å². The largest absolute Gasteiger partial charge is 0.508 e. The van der Waals surface area contributed by atoms with Gasteiger partial charge in [-0.1, -0.05) is 103 Å². The summed E-state index contributed by atoms with van der Waals surface area (Å²) in [4.78, 5) is 0. The fourth-order valence-corrected chi connectivity index (χ4v) is 5.76. The van der Waals surface area contributed by atoms with E-state index >= 15 is 0 Å². The van der Waals surface area contributed by atoms with Crippen molar-refractivity contribution in [2.45, 2.75) is 19.8 Å². The van der Waals surface area contributed by atoms with Crippen molar-refractivity contribution in [2.75, 3.05) is 0 Å². The molecule has 1 aliphatic rings. The van der Waals surface area contributed by atoms with Gasteiger partial charge in [0.15, 0.2) is 0 Å². The first-order valence-corrected chi connectivity index (χ1v) is 13.4. The van der Waals surface area contributed by atoms with Crippen LogP contribution < -0.4 is 0 Å². The molecule has 0 bridgehead atoms. The molecular weight excluding hydrogens is 476 g/mol. The van der Waals surface area contributed by atoms with Crippen molar-refractivity contribution >= 4 is 5.57 Å². The van der Waals surface area contributed by atoms with Crippen molar-refractivity contribution in [2.24, 2.45) is 0 Å². The van der Waals surface area contributed by atoms with Gasteiger partial charge in [0, 0.05) is 0 Å². The summed E-state index contributed by atoms with van der Waals surface area (Å²) in [7, 11) is 0. The highest BCUT2D eigenvalue weighted by Crippen LogP contribution is 2.51. The summed E-state index contributed by atoms with van der Waals surface area (Å²) in [6.07, 6.45) is 8.87. The molecule has 0 radical (unpaired) electrons. The Bertz CT molecular complexity index is 1690. The third-order valence-electron chi connectivity index (χ3n) is 7.45. The van der Waals surface area contributed by atoms with E-state index in [2.05, 4.69) is 79.7 Å². The minimum Gasteiger partial charge on any atom is -0.508 e. The monoisotopic (exact) mass is 506 g/mol. The highest BCUT2D eigenvalue weighted by atomic mass is 16.3. The Morgan fingerprint density at radius 2 is 1.05 bits per heavy atom. The normalized spacial score (nSPS) is 12.8. The molecule has 2 N–H and O–H groups in total. The van der Waals surface area contributed by atoms with E-state index < -0.39 is 0 Å². The molecule has 0 aromatic heterocycles. The van der Waals surface area contributed by atoms with Crippen LogP contribution >= 0.6 is 0 Å². The second-order valence-electron chi connectivity index (χ2n) is 9.97. The van der Waals surface area contributed by atoms with Crippen LogP contribution in [0.25, 0.3) is 50.1 Å². The van der Waals surface area contributed by atoms with Gasteiger partial charge in [-0.2, -0.15) is 0 Å². The number of hydrogen-bond donors (Lipinski definition) is 2. The number of allylic oxidation sites excluding steroid dienone is 4. The lowest BCUT2D eigenvalue weighted by Gasteiger charge is -2.28.